The third kappa shape index (κ3) is 4.92. The summed E-state index contributed by atoms with van der Waals surface area (Å²) in [7, 11) is 0. The number of rotatable bonds is 4. The van der Waals surface area contributed by atoms with Crippen LogP contribution in [0.25, 0.3) is 0 Å². The molecule has 2 aromatic rings. The molecule has 1 fully saturated rings. The maximum Gasteiger partial charge on any atom is 0.416 e. The summed E-state index contributed by atoms with van der Waals surface area (Å²) in [5, 5.41) is 5.07. The quantitative estimate of drug-likeness (QED) is 0.815. The van der Waals surface area contributed by atoms with Crippen molar-refractivity contribution < 1.29 is 27.6 Å². The summed E-state index contributed by atoms with van der Waals surface area (Å²) in [5.74, 6) is -1.78. The van der Waals surface area contributed by atoms with Gasteiger partial charge in [-0.3, -0.25) is 14.4 Å². The van der Waals surface area contributed by atoms with Crippen LogP contribution in [0.5, 0.6) is 0 Å². The van der Waals surface area contributed by atoms with Crippen molar-refractivity contribution in [1.82, 2.24) is 0 Å². The number of amides is 3. The number of benzene rings is 2. The molecule has 0 saturated carbocycles. The van der Waals surface area contributed by atoms with Crippen molar-refractivity contribution >= 4 is 34.8 Å². The second-order valence-corrected chi connectivity index (χ2v) is 6.70. The highest BCUT2D eigenvalue weighted by Crippen LogP contribution is 2.31. The highest BCUT2D eigenvalue weighted by molar-refractivity contribution is 6.04. The summed E-state index contributed by atoms with van der Waals surface area (Å²) in [6.07, 6.45) is -4.57. The molecular formula is C20H18F3N3O3. The van der Waals surface area contributed by atoms with Gasteiger partial charge in [-0.25, -0.2) is 0 Å². The van der Waals surface area contributed by atoms with E-state index in [-0.39, 0.29) is 30.5 Å². The van der Waals surface area contributed by atoms with Gasteiger partial charge in [-0.1, -0.05) is 12.1 Å². The Balaban J connectivity index is 1.70. The smallest absolute Gasteiger partial charge is 0.326 e. The Labute approximate surface area is 164 Å². The van der Waals surface area contributed by atoms with Crippen LogP contribution in [0.4, 0.5) is 30.2 Å². The first-order valence-electron chi connectivity index (χ1n) is 8.79. The fourth-order valence-electron chi connectivity index (χ4n) is 3.11. The van der Waals surface area contributed by atoms with Crippen LogP contribution in [0, 0.1) is 5.92 Å². The second kappa shape index (κ2) is 7.94. The number of nitrogens with one attached hydrogen (secondary N) is 2. The van der Waals surface area contributed by atoms with Crippen molar-refractivity contribution in [3.8, 4) is 0 Å². The summed E-state index contributed by atoms with van der Waals surface area (Å²) in [6.45, 7) is 1.45. The van der Waals surface area contributed by atoms with Crippen LogP contribution in [0.3, 0.4) is 0 Å². The molecule has 1 atom stereocenters. The number of halogens is 3. The molecule has 0 radical (unpaired) electrons. The third-order valence-corrected chi connectivity index (χ3v) is 4.43. The predicted molar refractivity (Wildman–Crippen MR) is 101 cm³/mol. The van der Waals surface area contributed by atoms with Crippen molar-refractivity contribution in [2.75, 3.05) is 22.1 Å². The fourth-order valence-corrected chi connectivity index (χ4v) is 3.11. The molecule has 1 aliphatic heterocycles. The molecule has 3 rings (SSSR count). The number of nitrogens with zero attached hydrogens (tertiary/aromatic N) is 1. The topological polar surface area (TPSA) is 78.5 Å². The molecule has 9 heteroatoms. The monoisotopic (exact) mass is 405 g/mol. The average Bonchev–Trinajstić information content (AvgIpc) is 3.03. The molecule has 3 amide bonds. The van der Waals surface area contributed by atoms with E-state index in [1.165, 1.54) is 24.0 Å². The summed E-state index contributed by atoms with van der Waals surface area (Å²) >= 11 is 0. The summed E-state index contributed by atoms with van der Waals surface area (Å²) in [5.41, 5.74) is 0.188. The van der Waals surface area contributed by atoms with E-state index in [1.54, 1.807) is 24.3 Å². The minimum absolute atomic E-state index is 0.0170. The van der Waals surface area contributed by atoms with Crippen LogP contribution < -0.4 is 15.5 Å². The lowest BCUT2D eigenvalue weighted by Gasteiger charge is -2.18. The van der Waals surface area contributed by atoms with E-state index in [9.17, 15) is 27.6 Å². The average molecular weight is 405 g/mol. The zero-order chi connectivity index (χ0) is 21.2. The fraction of sp³-hybridized carbons (Fsp3) is 0.250. The Bertz CT molecular complexity index is 959. The molecule has 6 nitrogen and oxygen atoms in total. The van der Waals surface area contributed by atoms with Crippen LogP contribution in [-0.2, 0) is 20.6 Å². The minimum Gasteiger partial charge on any atom is -0.326 e. The molecule has 152 valence electrons. The highest BCUT2D eigenvalue weighted by atomic mass is 19.4. The van der Waals surface area contributed by atoms with Crippen molar-refractivity contribution in [3.05, 3.63) is 54.1 Å². The van der Waals surface area contributed by atoms with Gasteiger partial charge < -0.3 is 15.5 Å². The molecule has 2 N–H and O–H groups in total. The first-order chi connectivity index (χ1) is 13.6. The number of anilines is 3. The van der Waals surface area contributed by atoms with E-state index in [4.69, 9.17) is 0 Å². The summed E-state index contributed by atoms with van der Waals surface area (Å²) in [4.78, 5) is 37.5. The molecule has 2 aromatic carbocycles. The zero-order valence-corrected chi connectivity index (χ0v) is 15.4. The van der Waals surface area contributed by atoms with Gasteiger partial charge >= 0.3 is 6.18 Å². The largest absolute Gasteiger partial charge is 0.416 e. The molecule has 0 bridgehead atoms. The van der Waals surface area contributed by atoms with Crippen LogP contribution in [0.15, 0.2) is 48.5 Å². The maximum atomic E-state index is 12.8. The van der Waals surface area contributed by atoms with Gasteiger partial charge in [0.05, 0.1) is 11.5 Å². The van der Waals surface area contributed by atoms with Crippen LogP contribution in [0.2, 0.25) is 0 Å². The van der Waals surface area contributed by atoms with Gasteiger partial charge in [0.2, 0.25) is 17.7 Å². The number of alkyl halides is 3. The SMILES string of the molecule is CC(=O)Nc1cccc(N2C[C@@H](C(=O)Nc3cccc(C(F)(F)F)c3)CC2=O)c1. The number of carbonyl (C=O) groups excluding carboxylic acids is 3. The molecule has 1 heterocycles. The van der Waals surface area contributed by atoms with Gasteiger partial charge in [0, 0.05) is 37.0 Å². The van der Waals surface area contributed by atoms with Crippen molar-refractivity contribution in [1.29, 1.82) is 0 Å². The van der Waals surface area contributed by atoms with E-state index in [0.29, 0.717) is 11.4 Å². The van der Waals surface area contributed by atoms with Gasteiger partial charge in [-0.15, -0.1) is 0 Å². The van der Waals surface area contributed by atoms with E-state index in [1.807, 2.05) is 0 Å². The summed E-state index contributed by atoms with van der Waals surface area (Å²) in [6, 6.07) is 11.0. The zero-order valence-electron chi connectivity index (χ0n) is 15.4. The molecule has 1 saturated heterocycles. The first kappa shape index (κ1) is 20.4. The Morgan fingerprint density at radius 3 is 2.34 bits per heavy atom. The van der Waals surface area contributed by atoms with Crippen molar-refractivity contribution in [3.63, 3.8) is 0 Å². The lowest BCUT2D eigenvalue weighted by atomic mass is 10.1. The Kier molecular flexibility index (Phi) is 5.58. The lowest BCUT2D eigenvalue weighted by molar-refractivity contribution is -0.137. The standard InChI is InChI=1S/C20H18F3N3O3/c1-12(27)24-16-6-3-7-17(10-16)26-11-13(8-18(26)28)19(29)25-15-5-2-4-14(9-15)20(21,22)23/h2-7,9-10,13H,8,11H2,1H3,(H,24,27)(H,25,29)/t13-/m0/s1. The van der Waals surface area contributed by atoms with Crippen molar-refractivity contribution in [2.45, 2.75) is 19.5 Å². The maximum absolute atomic E-state index is 12.8. The van der Waals surface area contributed by atoms with Gasteiger partial charge in [-0.05, 0) is 36.4 Å². The van der Waals surface area contributed by atoms with Gasteiger partial charge in [-0.2, -0.15) is 13.2 Å². The van der Waals surface area contributed by atoms with Crippen molar-refractivity contribution in [2.24, 2.45) is 5.92 Å². The molecule has 1 aliphatic rings. The summed E-state index contributed by atoms with van der Waals surface area (Å²) < 4.78 is 38.5. The predicted octanol–water partition coefficient (Wildman–Crippen LogP) is 3.66. The number of hydrogen-bond acceptors (Lipinski definition) is 3. The Morgan fingerprint density at radius 2 is 1.69 bits per heavy atom. The minimum atomic E-state index is -4.51. The van der Waals surface area contributed by atoms with Gasteiger partial charge in [0.15, 0.2) is 0 Å². The third-order valence-electron chi connectivity index (χ3n) is 4.43. The van der Waals surface area contributed by atoms with Crippen LogP contribution in [-0.4, -0.2) is 24.3 Å². The Morgan fingerprint density at radius 1 is 1.03 bits per heavy atom. The van der Waals surface area contributed by atoms with E-state index in [0.717, 1.165) is 12.1 Å². The molecule has 0 aromatic heterocycles. The number of hydrogen-bond donors (Lipinski definition) is 2. The lowest BCUT2D eigenvalue weighted by Crippen LogP contribution is -2.28. The molecule has 0 aliphatic carbocycles. The van der Waals surface area contributed by atoms with Crippen LogP contribution in [0.1, 0.15) is 18.9 Å². The van der Waals surface area contributed by atoms with E-state index < -0.39 is 23.6 Å². The van der Waals surface area contributed by atoms with Crippen LogP contribution >= 0.6 is 0 Å². The van der Waals surface area contributed by atoms with E-state index >= 15 is 0 Å². The van der Waals surface area contributed by atoms with Gasteiger partial charge in [0.1, 0.15) is 0 Å². The number of carbonyl (C=O) groups is 3. The molecule has 0 spiro atoms. The Hall–Kier alpha value is -3.36. The molecule has 29 heavy (non-hydrogen) atoms. The first-order valence-corrected chi connectivity index (χ1v) is 8.79. The molecule has 0 unspecified atom stereocenters. The molecular weight excluding hydrogens is 387 g/mol. The normalized spacial score (nSPS) is 16.6. The second-order valence-electron chi connectivity index (χ2n) is 6.70. The highest BCUT2D eigenvalue weighted by Gasteiger charge is 2.36. The van der Waals surface area contributed by atoms with Gasteiger partial charge in [0.25, 0.3) is 0 Å². The van der Waals surface area contributed by atoms with E-state index in [2.05, 4.69) is 10.6 Å².